The van der Waals surface area contributed by atoms with E-state index in [9.17, 15) is 34.8 Å². The number of cyclic esters (lactones) is 2. The molecule has 3 heterocycles. The Kier molecular flexibility index (Phi) is 8.09. The fourth-order valence-electron chi connectivity index (χ4n) is 7.70. The molecule has 0 aromatic carbocycles. The van der Waals surface area contributed by atoms with Gasteiger partial charge in [-0.3, -0.25) is 4.79 Å². The molecule has 0 radical (unpaired) electrons. The normalized spacial score (nSPS) is 46.0. The van der Waals surface area contributed by atoms with E-state index in [-0.39, 0.29) is 24.3 Å². The largest absolute Gasteiger partial charge is 0.466 e. The fraction of sp³-hybridized carbons (Fsp3) is 0.750. The van der Waals surface area contributed by atoms with E-state index in [2.05, 4.69) is 0 Å². The Morgan fingerprint density at radius 2 is 1.83 bits per heavy atom. The van der Waals surface area contributed by atoms with Gasteiger partial charge in [0.25, 0.3) is 0 Å². The Labute approximate surface area is 237 Å². The minimum absolute atomic E-state index is 0.0581. The van der Waals surface area contributed by atoms with Gasteiger partial charge in [0.1, 0.15) is 30.5 Å². The molecule has 3 fully saturated rings. The Hall–Kier alpha value is -2.39. The Morgan fingerprint density at radius 1 is 1.10 bits per heavy atom. The SMILES string of the molecule is COC(=O)C1=CCC[C@H]2[C@]3(C)C[C@@H](C4=C[C@H](OC)OC4=O)OC(=O)[C@@H]3CC(O[C@@H]3O[C@H](CO)[C@@H](O)[C@H](O)[C@H]3O)[C@@]12C. The van der Waals surface area contributed by atoms with Gasteiger partial charge in [-0.25, -0.2) is 9.59 Å². The van der Waals surface area contributed by atoms with E-state index in [1.54, 1.807) is 6.08 Å². The van der Waals surface area contributed by atoms with Crippen molar-refractivity contribution in [3.8, 4) is 0 Å². The fourth-order valence-corrected chi connectivity index (χ4v) is 7.70. The summed E-state index contributed by atoms with van der Waals surface area (Å²) in [5.41, 5.74) is -1.27. The summed E-state index contributed by atoms with van der Waals surface area (Å²) in [6.07, 6.45) is -5.54. The van der Waals surface area contributed by atoms with Gasteiger partial charge in [-0.2, -0.15) is 0 Å². The maximum absolute atomic E-state index is 13.6. The van der Waals surface area contributed by atoms with Crippen LogP contribution in [0.4, 0.5) is 0 Å². The summed E-state index contributed by atoms with van der Waals surface area (Å²) < 4.78 is 33.2. The van der Waals surface area contributed by atoms with Crippen molar-refractivity contribution in [2.24, 2.45) is 22.7 Å². The van der Waals surface area contributed by atoms with Crippen LogP contribution in [-0.2, 0) is 42.8 Å². The molecule has 0 bridgehead atoms. The van der Waals surface area contributed by atoms with Crippen molar-refractivity contribution in [2.75, 3.05) is 20.8 Å². The van der Waals surface area contributed by atoms with Gasteiger partial charge in [0.2, 0.25) is 6.29 Å². The number of allylic oxidation sites excluding steroid dienone is 1. The average Bonchev–Trinajstić information content (AvgIpc) is 3.33. The molecule has 0 spiro atoms. The molecule has 5 aliphatic rings. The number of hydrogen-bond acceptors (Lipinski definition) is 13. The molecular formula is C28H38O13. The minimum Gasteiger partial charge on any atom is -0.466 e. The molecule has 0 aromatic rings. The predicted molar refractivity (Wildman–Crippen MR) is 135 cm³/mol. The molecule has 3 aliphatic heterocycles. The summed E-state index contributed by atoms with van der Waals surface area (Å²) in [6, 6.07) is 0. The van der Waals surface area contributed by atoms with Gasteiger partial charge < -0.3 is 48.8 Å². The van der Waals surface area contributed by atoms with Crippen LogP contribution in [0.25, 0.3) is 0 Å². The van der Waals surface area contributed by atoms with Gasteiger partial charge in [0.15, 0.2) is 6.29 Å². The Bertz CT molecular complexity index is 1130. The molecule has 4 N–H and O–H groups in total. The quantitative estimate of drug-likeness (QED) is 0.232. The predicted octanol–water partition coefficient (Wildman–Crippen LogP) is -0.515. The standard InChI is InChI=1S/C28H38O13/c1-27-10-15(12-8-19(36-3)41-23(12)33)38-25(35)14(27)9-18(28(2)13(24(34)37-4)6-5-7-17(27)28)40-26-22(32)21(31)20(30)16(11-29)39-26/h6,8,14-22,26,29-32H,5,7,9-11H2,1-4H3/t14-,15-,16+,17-,18?,19+,20+,21-,22+,26-,27+,28-/m0/s1. The lowest BCUT2D eigenvalue weighted by Crippen LogP contribution is -2.65. The number of aliphatic hydroxyl groups excluding tert-OH is 4. The van der Waals surface area contributed by atoms with Crippen molar-refractivity contribution in [3.63, 3.8) is 0 Å². The number of fused-ring (bicyclic) bond motifs is 3. The second-order valence-corrected chi connectivity index (χ2v) is 11.9. The van der Waals surface area contributed by atoms with Crippen molar-refractivity contribution in [2.45, 2.75) is 88.7 Å². The van der Waals surface area contributed by atoms with Gasteiger partial charge in [0, 0.05) is 18.1 Å². The molecule has 2 aliphatic carbocycles. The van der Waals surface area contributed by atoms with E-state index in [0.717, 1.165) is 0 Å². The first-order valence-corrected chi connectivity index (χ1v) is 13.8. The molecule has 13 nitrogen and oxygen atoms in total. The van der Waals surface area contributed by atoms with Crippen molar-refractivity contribution in [1.82, 2.24) is 0 Å². The number of carbonyl (C=O) groups excluding carboxylic acids is 3. The highest BCUT2D eigenvalue weighted by Gasteiger charge is 2.66. The molecule has 13 heteroatoms. The van der Waals surface area contributed by atoms with Crippen molar-refractivity contribution < 1.29 is 63.2 Å². The summed E-state index contributed by atoms with van der Waals surface area (Å²) in [4.78, 5) is 39.4. The van der Waals surface area contributed by atoms with Gasteiger partial charge in [-0.1, -0.05) is 19.9 Å². The van der Waals surface area contributed by atoms with Crippen LogP contribution in [0.3, 0.4) is 0 Å². The number of ether oxygens (including phenoxy) is 6. The minimum atomic E-state index is -1.67. The van der Waals surface area contributed by atoms with E-state index in [4.69, 9.17) is 28.4 Å². The first-order chi connectivity index (χ1) is 19.4. The van der Waals surface area contributed by atoms with Crippen LogP contribution in [-0.4, -0.2) is 108 Å². The topological polar surface area (TPSA) is 188 Å². The maximum Gasteiger partial charge on any atom is 0.340 e. The zero-order valence-corrected chi connectivity index (χ0v) is 23.4. The lowest BCUT2D eigenvalue weighted by molar-refractivity contribution is -0.328. The van der Waals surface area contributed by atoms with E-state index in [1.807, 2.05) is 13.8 Å². The third-order valence-electron chi connectivity index (χ3n) is 9.89. The molecular weight excluding hydrogens is 544 g/mol. The molecule has 0 aromatic heterocycles. The highest BCUT2D eigenvalue weighted by molar-refractivity contribution is 5.93. The van der Waals surface area contributed by atoms with Gasteiger partial charge in [-0.05, 0) is 43.1 Å². The molecule has 2 saturated heterocycles. The Balaban J connectivity index is 1.53. The highest BCUT2D eigenvalue weighted by atomic mass is 16.7. The molecule has 1 saturated carbocycles. The highest BCUT2D eigenvalue weighted by Crippen LogP contribution is 2.65. The van der Waals surface area contributed by atoms with E-state index in [1.165, 1.54) is 20.3 Å². The van der Waals surface area contributed by atoms with Gasteiger partial charge >= 0.3 is 17.9 Å². The molecule has 41 heavy (non-hydrogen) atoms. The van der Waals surface area contributed by atoms with Gasteiger partial charge in [0.05, 0.1) is 31.3 Å². The first kappa shape index (κ1) is 30.1. The first-order valence-electron chi connectivity index (χ1n) is 13.8. The maximum atomic E-state index is 13.6. The third-order valence-corrected chi connectivity index (χ3v) is 9.89. The van der Waals surface area contributed by atoms with Gasteiger partial charge in [-0.15, -0.1) is 0 Å². The van der Waals surface area contributed by atoms with Crippen LogP contribution in [0, 0.1) is 22.7 Å². The number of esters is 3. The van der Waals surface area contributed by atoms with E-state index < -0.39 is 90.5 Å². The second-order valence-electron chi connectivity index (χ2n) is 11.9. The van der Waals surface area contributed by atoms with Crippen LogP contribution < -0.4 is 0 Å². The Morgan fingerprint density at radius 3 is 2.46 bits per heavy atom. The monoisotopic (exact) mass is 582 g/mol. The lowest BCUT2D eigenvalue weighted by atomic mass is 9.44. The van der Waals surface area contributed by atoms with Crippen LogP contribution in [0.15, 0.2) is 23.3 Å². The molecule has 12 atom stereocenters. The number of rotatable bonds is 6. The van der Waals surface area contributed by atoms with Crippen molar-refractivity contribution in [1.29, 1.82) is 0 Å². The number of methoxy groups -OCH3 is 2. The van der Waals surface area contributed by atoms with E-state index in [0.29, 0.717) is 18.4 Å². The van der Waals surface area contributed by atoms with Crippen LogP contribution >= 0.6 is 0 Å². The lowest BCUT2D eigenvalue weighted by Gasteiger charge is -2.62. The van der Waals surface area contributed by atoms with Crippen molar-refractivity contribution in [3.05, 3.63) is 23.3 Å². The molecule has 5 rings (SSSR count). The van der Waals surface area contributed by atoms with Crippen LogP contribution in [0.5, 0.6) is 0 Å². The van der Waals surface area contributed by atoms with Crippen molar-refractivity contribution >= 4 is 17.9 Å². The number of hydrogen-bond donors (Lipinski definition) is 4. The summed E-state index contributed by atoms with van der Waals surface area (Å²) in [5.74, 6) is -2.80. The molecule has 1 unspecified atom stereocenters. The summed E-state index contributed by atoms with van der Waals surface area (Å²) >= 11 is 0. The molecule has 228 valence electrons. The smallest absolute Gasteiger partial charge is 0.340 e. The second kappa shape index (κ2) is 11.0. The zero-order valence-electron chi connectivity index (χ0n) is 23.4. The zero-order chi connectivity index (χ0) is 29.9. The number of aliphatic hydroxyl groups is 4. The summed E-state index contributed by atoms with van der Waals surface area (Å²) in [6.45, 7) is 3.15. The number of carbonyl (C=O) groups is 3. The van der Waals surface area contributed by atoms with Crippen LogP contribution in [0.2, 0.25) is 0 Å². The summed E-state index contributed by atoms with van der Waals surface area (Å²) in [5, 5.41) is 40.9. The summed E-state index contributed by atoms with van der Waals surface area (Å²) in [7, 11) is 2.67. The average molecular weight is 583 g/mol. The van der Waals surface area contributed by atoms with E-state index >= 15 is 0 Å². The third kappa shape index (κ3) is 4.71. The van der Waals surface area contributed by atoms with Crippen LogP contribution in [0.1, 0.15) is 39.5 Å². The molecule has 0 amide bonds.